The fraction of sp³-hybridized carbons (Fsp3) is 0.647. The molecular weight excluding hydrogens is 246 g/mol. The van der Waals surface area contributed by atoms with E-state index < -0.39 is 0 Å². The molecule has 1 aromatic carbocycles. The van der Waals surface area contributed by atoms with E-state index in [1.54, 1.807) is 0 Å². The molecule has 1 aromatic rings. The first-order valence-corrected chi connectivity index (χ1v) is 8.08. The average molecular weight is 273 g/mol. The number of nitrogens with zero attached hydrogens (tertiary/aromatic N) is 2. The third-order valence-electron chi connectivity index (χ3n) is 4.89. The van der Waals surface area contributed by atoms with E-state index in [0.717, 1.165) is 25.0 Å². The van der Waals surface area contributed by atoms with Crippen LogP contribution in [0.1, 0.15) is 26.2 Å². The van der Waals surface area contributed by atoms with Crippen molar-refractivity contribution in [1.29, 1.82) is 0 Å². The third kappa shape index (κ3) is 2.51. The molecule has 1 heterocycles. The van der Waals surface area contributed by atoms with Gasteiger partial charge in [-0.25, -0.2) is 0 Å². The maximum absolute atomic E-state index is 3.60. The van der Waals surface area contributed by atoms with Crippen molar-refractivity contribution in [2.24, 2.45) is 5.92 Å². The molecule has 2 atom stereocenters. The highest BCUT2D eigenvalue weighted by Crippen LogP contribution is 2.40. The van der Waals surface area contributed by atoms with Gasteiger partial charge in [0.25, 0.3) is 0 Å². The molecule has 2 unspecified atom stereocenters. The lowest BCUT2D eigenvalue weighted by Gasteiger charge is -2.49. The maximum Gasteiger partial charge on any atom is 0.0607 e. The number of anilines is 2. The van der Waals surface area contributed by atoms with E-state index in [4.69, 9.17) is 0 Å². The quantitative estimate of drug-likeness (QED) is 0.832. The lowest BCUT2D eigenvalue weighted by atomic mass is 9.77. The summed E-state index contributed by atoms with van der Waals surface area (Å²) in [5.74, 6) is 0.831. The Labute approximate surface area is 123 Å². The van der Waals surface area contributed by atoms with Crippen molar-refractivity contribution in [2.75, 3.05) is 43.0 Å². The average Bonchev–Trinajstić information content (AvgIpc) is 2.45. The fourth-order valence-electron chi connectivity index (χ4n) is 3.54. The molecule has 1 fully saturated rings. The molecule has 0 spiro atoms. The van der Waals surface area contributed by atoms with E-state index in [9.17, 15) is 0 Å². The van der Waals surface area contributed by atoms with Gasteiger partial charge in [-0.2, -0.15) is 0 Å². The smallest absolute Gasteiger partial charge is 0.0607 e. The van der Waals surface area contributed by atoms with Crippen LogP contribution < -0.4 is 15.1 Å². The first-order valence-electron chi connectivity index (χ1n) is 8.08. The zero-order valence-electron chi connectivity index (χ0n) is 12.8. The molecule has 0 amide bonds. The first kappa shape index (κ1) is 13.7. The van der Waals surface area contributed by atoms with Crippen molar-refractivity contribution >= 4 is 11.4 Å². The second-order valence-corrected chi connectivity index (χ2v) is 6.21. The van der Waals surface area contributed by atoms with E-state index >= 15 is 0 Å². The molecule has 0 saturated heterocycles. The highest BCUT2D eigenvalue weighted by atomic mass is 15.3. The van der Waals surface area contributed by atoms with Crippen LogP contribution in [0.5, 0.6) is 0 Å². The Morgan fingerprint density at radius 3 is 2.65 bits per heavy atom. The van der Waals surface area contributed by atoms with Gasteiger partial charge in [0.1, 0.15) is 0 Å². The van der Waals surface area contributed by atoms with Crippen LogP contribution in [0.3, 0.4) is 0 Å². The third-order valence-corrected chi connectivity index (χ3v) is 4.89. The summed E-state index contributed by atoms with van der Waals surface area (Å²) in [6, 6.07) is 9.62. The number of nitrogens with one attached hydrogen (secondary N) is 1. The minimum atomic E-state index is 0.745. The van der Waals surface area contributed by atoms with Crippen molar-refractivity contribution in [3.05, 3.63) is 24.3 Å². The van der Waals surface area contributed by atoms with E-state index in [0.29, 0.717) is 0 Å². The molecule has 3 nitrogen and oxygen atoms in total. The van der Waals surface area contributed by atoms with Gasteiger partial charge in [0, 0.05) is 26.2 Å². The predicted molar refractivity (Wildman–Crippen MR) is 86.7 cm³/mol. The number of rotatable bonds is 5. The molecule has 110 valence electrons. The summed E-state index contributed by atoms with van der Waals surface area (Å²) in [5.41, 5.74) is 2.83. The molecule has 1 aliphatic heterocycles. The van der Waals surface area contributed by atoms with Gasteiger partial charge >= 0.3 is 0 Å². The van der Waals surface area contributed by atoms with Crippen molar-refractivity contribution in [3.63, 3.8) is 0 Å². The van der Waals surface area contributed by atoms with E-state index in [2.05, 4.69) is 53.4 Å². The summed E-state index contributed by atoms with van der Waals surface area (Å²) in [5, 5.41) is 3.60. The lowest BCUT2D eigenvalue weighted by molar-refractivity contribution is 0.233. The van der Waals surface area contributed by atoms with E-state index in [1.165, 1.54) is 43.7 Å². The summed E-state index contributed by atoms with van der Waals surface area (Å²) in [6.45, 7) is 6.89. The Morgan fingerprint density at radius 2 is 1.95 bits per heavy atom. The zero-order chi connectivity index (χ0) is 13.9. The van der Waals surface area contributed by atoms with Crippen molar-refractivity contribution in [2.45, 2.75) is 32.2 Å². The monoisotopic (exact) mass is 273 g/mol. The Bertz CT molecular complexity index is 446. The minimum Gasteiger partial charge on any atom is -0.371 e. The normalized spacial score (nSPS) is 25.3. The van der Waals surface area contributed by atoms with Crippen LogP contribution in [-0.4, -0.2) is 39.3 Å². The van der Waals surface area contributed by atoms with Gasteiger partial charge < -0.3 is 15.1 Å². The fourth-order valence-corrected chi connectivity index (χ4v) is 3.54. The van der Waals surface area contributed by atoms with E-state index in [-0.39, 0.29) is 0 Å². The predicted octanol–water partition coefficient (Wildman–Crippen LogP) is 2.72. The van der Waals surface area contributed by atoms with Gasteiger partial charge in [0.15, 0.2) is 0 Å². The standard InChI is InChI=1S/C17H27N3/c1-3-10-18-13-14-8-9-15(14)20-12-11-19(2)16-6-4-5-7-17(16)20/h4-7,14-15,18H,3,8-13H2,1-2H3. The van der Waals surface area contributed by atoms with Crippen LogP contribution in [0.2, 0.25) is 0 Å². The van der Waals surface area contributed by atoms with Gasteiger partial charge in [0.2, 0.25) is 0 Å². The van der Waals surface area contributed by atoms with Crippen LogP contribution in [0, 0.1) is 5.92 Å². The molecule has 2 aliphatic rings. The molecule has 3 rings (SSSR count). The molecule has 1 aliphatic carbocycles. The summed E-state index contributed by atoms with van der Waals surface area (Å²) < 4.78 is 0. The Hall–Kier alpha value is -1.22. The van der Waals surface area contributed by atoms with Crippen molar-refractivity contribution in [3.8, 4) is 0 Å². The molecule has 0 radical (unpaired) electrons. The van der Waals surface area contributed by atoms with Crippen molar-refractivity contribution < 1.29 is 0 Å². The number of hydrogen-bond donors (Lipinski definition) is 1. The SMILES string of the molecule is CCCNCC1CCC1N1CCN(C)c2ccccc21. The molecule has 0 aromatic heterocycles. The highest BCUT2D eigenvalue weighted by Gasteiger charge is 2.37. The summed E-state index contributed by atoms with van der Waals surface area (Å²) in [4.78, 5) is 5.05. The van der Waals surface area contributed by atoms with Crippen LogP contribution in [0.25, 0.3) is 0 Å². The largest absolute Gasteiger partial charge is 0.371 e. The number of hydrogen-bond acceptors (Lipinski definition) is 3. The first-order chi connectivity index (χ1) is 9.81. The Kier molecular flexibility index (Phi) is 4.16. The van der Waals surface area contributed by atoms with Gasteiger partial charge in [0.05, 0.1) is 11.4 Å². The molecule has 20 heavy (non-hydrogen) atoms. The number of fused-ring (bicyclic) bond motifs is 1. The molecule has 1 saturated carbocycles. The minimum absolute atomic E-state index is 0.745. The zero-order valence-corrected chi connectivity index (χ0v) is 12.8. The highest BCUT2D eigenvalue weighted by molar-refractivity contribution is 5.73. The Balaban J connectivity index is 1.70. The number of para-hydroxylation sites is 2. The summed E-state index contributed by atoms with van der Waals surface area (Å²) in [7, 11) is 2.21. The van der Waals surface area contributed by atoms with Gasteiger partial charge in [-0.05, 0) is 50.4 Å². The summed E-state index contributed by atoms with van der Waals surface area (Å²) >= 11 is 0. The molecule has 1 N–H and O–H groups in total. The van der Waals surface area contributed by atoms with Gasteiger partial charge in [-0.15, -0.1) is 0 Å². The van der Waals surface area contributed by atoms with Crippen LogP contribution in [0.15, 0.2) is 24.3 Å². The number of benzene rings is 1. The van der Waals surface area contributed by atoms with Gasteiger partial charge in [-0.3, -0.25) is 0 Å². The van der Waals surface area contributed by atoms with Crippen molar-refractivity contribution in [1.82, 2.24) is 5.32 Å². The lowest BCUT2D eigenvalue weighted by Crippen LogP contribution is -2.54. The van der Waals surface area contributed by atoms with Crippen LogP contribution in [-0.2, 0) is 0 Å². The maximum atomic E-state index is 3.60. The molecule has 3 heteroatoms. The second-order valence-electron chi connectivity index (χ2n) is 6.21. The second kappa shape index (κ2) is 6.04. The topological polar surface area (TPSA) is 18.5 Å². The van der Waals surface area contributed by atoms with E-state index in [1.807, 2.05) is 0 Å². The van der Waals surface area contributed by atoms with Crippen LogP contribution >= 0.6 is 0 Å². The summed E-state index contributed by atoms with van der Waals surface area (Å²) in [6.07, 6.45) is 3.97. The Morgan fingerprint density at radius 1 is 1.15 bits per heavy atom. The van der Waals surface area contributed by atoms with Crippen LogP contribution in [0.4, 0.5) is 11.4 Å². The number of likely N-dealkylation sites (N-methyl/N-ethyl adjacent to an activating group) is 1. The molecule has 0 bridgehead atoms. The van der Waals surface area contributed by atoms with Gasteiger partial charge in [-0.1, -0.05) is 19.1 Å². The molecular formula is C17H27N3.